The van der Waals surface area contributed by atoms with Crippen LogP contribution in [-0.2, 0) is 0 Å². The van der Waals surface area contributed by atoms with Gasteiger partial charge in [-0.15, -0.1) is 6.42 Å². The molecule has 0 radical (unpaired) electrons. The molecule has 0 spiro atoms. The van der Waals surface area contributed by atoms with Crippen LogP contribution in [0.3, 0.4) is 0 Å². The Morgan fingerprint density at radius 3 is 2.81 bits per heavy atom. The number of nitrogens with zero attached hydrogens (tertiary/aromatic N) is 1. The molecule has 0 aliphatic carbocycles. The van der Waals surface area contributed by atoms with Gasteiger partial charge in [-0.2, -0.15) is 5.26 Å². The van der Waals surface area contributed by atoms with Gasteiger partial charge in [-0.25, -0.2) is 0 Å². The van der Waals surface area contributed by atoms with Crippen molar-refractivity contribution in [1.29, 1.82) is 5.26 Å². The van der Waals surface area contributed by atoms with Gasteiger partial charge < -0.3 is 5.32 Å². The highest BCUT2D eigenvalue weighted by molar-refractivity contribution is 9.10. The topological polar surface area (TPSA) is 35.8 Å². The molecule has 0 saturated carbocycles. The first-order valence-corrected chi connectivity index (χ1v) is 5.93. The van der Waals surface area contributed by atoms with Crippen molar-refractivity contribution >= 4 is 21.6 Å². The van der Waals surface area contributed by atoms with Gasteiger partial charge in [-0.3, -0.25) is 0 Å². The van der Waals surface area contributed by atoms with E-state index in [9.17, 15) is 0 Å². The normalized spacial score (nSPS) is 11.2. The van der Waals surface area contributed by atoms with Crippen molar-refractivity contribution in [2.45, 2.75) is 25.8 Å². The van der Waals surface area contributed by atoms with Crippen LogP contribution in [0.25, 0.3) is 0 Å². The zero-order valence-electron chi connectivity index (χ0n) is 9.13. The average molecular weight is 277 g/mol. The summed E-state index contributed by atoms with van der Waals surface area (Å²) in [5, 5.41) is 12.0. The maximum absolute atomic E-state index is 8.74. The molecule has 0 aromatic heterocycles. The summed E-state index contributed by atoms with van der Waals surface area (Å²) in [6.45, 7) is 2.10. The highest BCUT2D eigenvalue weighted by atomic mass is 79.9. The summed E-state index contributed by atoms with van der Waals surface area (Å²) in [6.07, 6.45) is 7.40. The first kappa shape index (κ1) is 12.6. The van der Waals surface area contributed by atoms with Gasteiger partial charge in [0.05, 0.1) is 17.7 Å². The number of terminal acetylenes is 1. The van der Waals surface area contributed by atoms with Crippen molar-refractivity contribution in [3.8, 4) is 18.4 Å². The Hall–Kier alpha value is -1.45. The lowest BCUT2D eigenvalue weighted by atomic mass is 10.1. The number of benzene rings is 1. The van der Waals surface area contributed by atoms with E-state index in [-0.39, 0.29) is 6.04 Å². The number of nitriles is 1. The molecule has 16 heavy (non-hydrogen) atoms. The number of rotatable bonds is 4. The van der Waals surface area contributed by atoms with Crippen molar-refractivity contribution in [2.75, 3.05) is 5.32 Å². The molecule has 1 aromatic carbocycles. The Bertz CT molecular complexity index is 440. The molecule has 1 aromatic rings. The van der Waals surface area contributed by atoms with Gasteiger partial charge in [0.15, 0.2) is 0 Å². The predicted octanol–water partition coefficient (Wildman–Crippen LogP) is 3.53. The Labute approximate surface area is 105 Å². The van der Waals surface area contributed by atoms with E-state index in [1.807, 2.05) is 6.07 Å². The lowest BCUT2D eigenvalue weighted by molar-refractivity contribution is 0.755. The highest BCUT2D eigenvalue weighted by Gasteiger charge is 2.06. The van der Waals surface area contributed by atoms with Crippen molar-refractivity contribution in [2.24, 2.45) is 0 Å². The third-order valence-corrected chi connectivity index (χ3v) is 2.86. The molecule has 0 bridgehead atoms. The standard InChI is InChI=1S/C13H13BrN2/c1-3-5-11(4-2)16-13-7-6-10(9-15)8-12(13)14/h2,6-8,11,16H,3,5H2,1H3. The number of anilines is 1. The fourth-order valence-corrected chi connectivity index (χ4v) is 1.87. The van der Waals surface area contributed by atoms with E-state index in [2.05, 4.69) is 40.2 Å². The Kier molecular flexibility index (Phi) is 4.89. The minimum absolute atomic E-state index is 0.0363. The zero-order valence-corrected chi connectivity index (χ0v) is 10.7. The Morgan fingerprint density at radius 2 is 2.31 bits per heavy atom. The number of halogens is 1. The molecule has 0 aliphatic heterocycles. The van der Waals surface area contributed by atoms with Crippen LogP contribution in [0.15, 0.2) is 22.7 Å². The summed E-state index contributed by atoms with van der Waals surface area (Å²) < 4.78 is 0.864. The summed E-state index contributed by atoms with van der Waals surface area (Å²) in [4.78, 5) is 0. The van der Waals surface area contributed by atoms with E-state index in [0.717, 1.165) is 23.0 Å². The van der Waals surface area contributed by atoms with Gasteiger partial charge in [0.1, 0.15) is 0 Å². The van der Waals surface area contributed by atoms with Crippen LogP contribution in [0.4, 0.5) is 5.69 Å². The van der Waals surface area contributed by atoms with E-state index in [1.54, 1.807) is 12.1 Å². The number of nitrogens with one attached hydrogen (secondary N) is 1. The molecule has 0 heterocycles. The fourth-order valence-electron chi connectivity index (χ4n) is 1.38. The number of hydrogen-bond acceptors (Lipinski definition) is 2. The molecule has 82 valence electrons. The predicted molar refractivity (Wildman–Crippen MR) is 70.0 cm³/mol. The Morgan fingerprint density at radius 1 is 1.56 bits per heavy atom. The third-order valence-electron chi connectivity index (χ3n) is 2.21. The van der Waals surface area contributed by atoms with Gasteiger partial charge in [0, 0.05) is 10.2 Å². The van der Waals surface area contributed by atoms with Gasteiger partial charge in [-0.05, 0) is 40.5 Å². The first-order valence-electron chi connectivity index (χ1n) is 5.13. The SMILES string of the molecule is C#CC(CCC)Nc1ccc(C#N)cc1Br. The van der Waals surface area contributed by atoms with Crippen molar-refractivity contribution in [3.63, 3.8) is 0 Å². The van der Waals surface area contributed by atoms with E-state index >= 15 is 0 Å². The van der Waals surface area contributed by atoms with Crippen LogP contribution in [-0.4, -0.2) is 6.04 Å². The van der Waals surface area contributed by atoms with Crippen LogP contribution in [0, 0.1) is 23.7 Å². The molecule has 1 rings (SSSR count). The summed E-state index contributed by atoms with van der Waals surface area (Å²) in [5.74, 6) is 2.71. The van der Waals surface area contributed by atoms with Crippen molar-refractivity contribution in [1.82, 2.24) is 0 Å². The van der Waals surface area contributed by atoms with Gasteiger partial charge in [0.2, 0.25) is 0 Å². The van der Waals surface area contributed by atoms with E-state index < -0.39 is 0 Å². The Balaban J connectivity index is 2.82. The van der Waals surface area contributed by atoms with Crippen LogP contribution < -0.4 is 5.32 Å². The van der Waals surface area contributed by atoms with Crippen LogP contribution in [0.5, 0.6) is 0 Å². The number of hydrogen-bond donors (Lipinski definition) is 1. The van der Waals surface area contributed by atoms with E-state index in [1.165, 1.54) is 0 Å². The molecule has 0 fully saturated rings. The molecular weight excluding hydrogens is 264 g/mol. The molecule has 1 atom stereocenters. The summed E-state index contributed by atoms with van der Waals surface area (Å²) in [5.41, 5.74) is 1.56. The third kappa shape index (κ3) is 3.29. The van der Waals surface area contributed by atoms with Gasteiger partial charge in [-0.1, -0.05) is 19.3 Å². The molecule has 1 unspecified atom stereocenters. The monoisotopic (exact) mass is 276 g/mol. The second-order valence-corrected chi connectivity index (χ2v) is 4.31. The van der Waals surface area contributed by atoms with Crippen LogP contribution in [0.2, 0.25) is 0 Å². The molecule has 0 saturated heterocycles. The zero-order chi connectivity index (χ0) is 12.0. The minimum Gasteiger partial charge on any atom is -0.371 e. The highest BCUT2D eigenvalue weighted by Crippen LogP contribution is 2.24. The van der Waals surface area contributed by atoms with Crippen LogP contribution >= 0.6 is 15.9 Å². The lowest BCUT2D eigenvalue weighted by Crippen LogP contribution is -2.16. The van der Waals surface area contributed by atoms with E-state index in [4.69, 9.17) is 11.7 Å². The average Bonchev–Trinajstić information content (AvgIpc) is 2.30. The largest absolute Gasteiger partial charge is 0.371 e. The van der Waals surface area contributed by atoms with Crippen LogP contribution in [0.1, 0.15) is 25.3 Å². The maximum Gasteiger partial charge on any atom is 0.0992 e. The quantitative estimate of drug-likeness (QED) is 0.854. The fraction of sp³-hybridized carbons (Fsp3) is 0.308. The molecular formula is C13H13BrN2. The summed E-state index contributed by atoms with van der Waals surface area (Å²) >= 11 is 3.41. The first-order chi connectivity index (χ1) is 7.71. The summed E-state index contributed by atoms with van der Waals surface area (Å²) in [7, 11) is 0. The van der Waals surface area contributed by atoms with Crippen molar-refractivity contribution < 1.29 is 0 Å². The van der Waals surface area contributed by atoms with Crippen molar-refractivity contribution in [3.05, 3.63) is 28.2 Å². The van der Waals surface area contributed by atoms with Gasteiger partial charge >= 0.3 is 0 Å². The molecule has 3 heteroatoms. The van der Waals surface area contributed by atoms with Gasteiger partial charge in [0.25, 0.3) is 0 Å². The van der Waals surface area contributed by atoms with E-state index in [0.29, 0.717) is 5.56 Å². The molecule has 0 aliphatic rings. The molecule has 1 N–H and O–H groups in total. The molecule has 0 amide bonds. The second-order valence-electron chi connectivity index (χ2n) is 3.46. The maximum atomic E-state index is 8.74. The molecule has 2 nitrogen and oxygen atoms in total. The lowest BCUT2D eigenvalue weighted by Gasteiger charge is -2.14. The minimum atomic E-state index is 0.0363. The summed E-state index contributed by atoms with van der Waals surface area (Å²) in [6, 6.07) is 7.54. The smallest absolute Gasteiger partial charge is 0.0992 e. The second kappa shape index (κ2) is 6.20.